The summed E-state index contributed by atoms with van der Waals surface area (Å²) in [6.45, 7) is 16.2. The lowest BCUT2D eigenvalue weighted by atomic mass is 9.75. The lowest BCUT2D eigenvalue weighted by molar-refractivity contribution is -0.150. The number of ketones is 1. The Kier molecular flexibility index (Phi) is 6.02. The zero-order valence-corrected chi connectivity index (χ0v) is 13.2. The van der Waals surface area contributed by atoms with Crippen molar-refractivity contribution in [1.29, 1.82) is 0 Å². The highest BCUT2D eigenvalue weighted by molar-refractivity contribution is 5.86. The maximum atomic E-state index is 12.3. The van der Waals surface area contributed by atoms with Crippen LogP contribution in [0.2, 0.25) is 0 Å². The van der Waals surface area contributed by atoms with Gasteiger partial charge in [0.05, 0.1) is 6.10 Å². The van der Waals surface area contributed by atoms with E-state index >= 15 is 0 Å². The van der Waals surface area contributed by atoms with Crippen LogP contribution < -0.4 is 0 Å². The summed E-state index contributed by atoms with van der Waals surface area (Å²) in [6, 6.07) is 0. The largest absolute Gasteiger partial charge is 0.383 e. The van der Waals surface area contributed by atoms with Crippen molar-refractivity contribution >= 4 is 5.78 Å². The number of ether oxygens (including phenoxy) is 1. The molecule has 0 aliphatic heterocycles. The van der Waals surface area contributed by atoms with Crippen LogP contribution >= 0.6 is 0 Å². The molecule has 0 radical (unpaired) electrons. The van der Waals surface area contributed by atoms with Crippen LogP contribution in [0.5, 0.6) is 0 Å². The van der Waals surface area contributed by atoms with Crippen LogP contribution in [0.15, 0.2) is 0 Å². The summed E-state index contributed by atoms with van der Waals surface area (Å²) in [4.78, 5) is 12.3. The van der Waals surface area contributed by atoms with Gasteiger partial charge in [-0.25, -0.2) is 0 Å². The molecule has 0 amide bonds. The third-order valence-corrected chi connectivity index (χ3v) is 3.50. The Morgan fingerprint density at radius 2 is 1.56 bits per heavy atom. The van der Waals surface area contributed by atoms with E-state index in [1.165, 1.54) is 0 Å². The molecule has 3 nitrogen and oxygen atoms in total. The van der Waals surface area contributed by atoms with Gasteiger partial charge < -0.3 is 9.84 Å². The molecule has 0 fully saturated rings. The first-order chi connectivity index (χ1) is 7.92. The van der Waals surface area contributed by atoms with Gasteiger partial charge >= 0.3 is 0 Å². The predicted molar refractivity (Wildman–Crippen MR) is 74.5 cm³/mol. The maximum Gasteiger partial charge on any atom is 0.167 e. The summed E-state index contributed by atoms with van der Waals surface area (Å²) in [7, 11) is 0. The molecular weight excluding hydrogens is 228 g/mol. The van der Waals surface area contributed by atoms with Crippen LogP contribution in [-0.2, 0) is 9.53 Å². The van der Waals surface area contributed by atoms with E-state index in [0.29, 0.717) is 6.61 Å². The molecule has 0 saturated carbocycles. The quantitative estimate of drug-likeness (QED) is 0.824. The third kappa shape index (κ3) is 4.69. The molecule has 18 heavy (non-hydrogen) atoms. The monoisotopic (exact) mass is 258 g/mol. The summed E-state index contributed by atoms with van der Waals surface area (Å²) < 4.78 is 5.58. The van der Waals surface area contributed by atoms with Crippen LogP contribution in [0, 0.1) is 16.7 Å². The van der Waals surface area contributed by atoms with Gasteiger partial charge in [0, 0.05) is 12.5 Å². The summed E-state index contributed by atoms with van der Waals surface area (Å²) in [5.74, 6) is -0.325. The van der Waals surface area contributed by atoms with E-state index in [1.807, 2.05) is 55.4 Å². The zero-order chi connectivity index (χ0) is 14.7. The van der Waals surface area contributed by atoms with E-state index in [2.05, 4.69) is 0 Å². The normalized spacial score (nSPS) is 18.3. The number of aliphatic hydroxyl groups is 1. The molecule has 0 saturated heterocycles. The van der Waals surface area contributed by atoms with Gasteiger partial charge in [-0.05, 0) is 17.8 Å². The van der Waals surface area contributed by atoms with Crippen LogP contribution in [0.1, 0.15) is 55.4 Å². The first kappa shape index (κ1) is 17.6. The molecule has 0 aliphatic rings. The first-order valence-corrected chi connectivity index (χ1v) is 6.76. The minimum atomic E-state index is -1.06. The van der Waals surface area contributed by atoms with Crippen molar-refractivity contribution in [3.05, 3.63) is 0 Å². The van der Waals surface area contributed by atoms with Crippen LogP contribution in [0.3, 0.4) is 0 Å². The fraction of sp³-hybridized carbons (Fsp3) is 0.933. The molecule has 0 spiro atoms. The van der Waals surface area contributed by atoms with Crippen molar-refractivity contribution < 1.29 is 14.6 Å². The van der Waals surface area contributed by atoms with Crippen LogP contribution in [-0.4, -0.2) is 29.7 Å². The van der Waals surface area contributed by atoms with Crippen molar-refractivity contribution in [2.24, 2.45) is 16.7 Å². The lowest BCUT2D eigenvalue weighted by Gasteiger charge is -2.36. The topological polar surface area (TPSA) is 46.5 Å². The van der Waals surface area contributed by atoms with E-state index in [0.717, 1.165) is 0 Å². The number of rotatable bonds is 5. The van der Waals surface area contributed by atoms with Crippen LogP contribution in [0.25, 0.3) is 0 Å². The minimum absolute atomic E-state index is 0.129. The average molecular weight is 258 g/mol. The number of hydrogen-bond donors (Lipinski definition) is 1. The second kappa shape index (κ2) is 6.16. The van der Waals surface area contributed by atoms with E-state index in [-0.39, 0.29) is 22.5 Å². The molecule has 3 atom stereocenters. The molecule has 1 N–H and O–H groups in total. The highest BCUT2D eigenvalue weighted by Gasteiger charge is 2.40. The van der Waals surface area contributed by atoms with Gasteiger partial charge in [-0.2, -0.15) is 0 Å². The molecule has 0 aromatic rings. The summed E-state index contributed by atoms with van der Waals surface area (Å²) in [5, 5.41) is 10.3. The summed E-state index contributed by atoms with van der Waals surface area (Å²) in [6.07, 6.45) is -1.51. The summed E-state index contributed by atoms with van der Waals surface area (Å²) >= 11 is 0. The zero-order valence-electron chi connectivity index (χ0n) is 13.2. The second-order valence-electron chi connectivity index (χ2n) is 7.18. The Bertz CT molecular complexity index is 270. The number of Topliss-reactive ketones (excluding diaryl/α,β-unsaturated/α-hetero) is 1. The second-order valence-corrected chi connectivity index (χ2v) is 7.18. The highest BCUT2D eigenvalue weighted by Crippen LogP contribution is 2.31. The minimum Gasteiger partial charge on any atom is -0.383 e. The fourth-order valence-corrected chi connectivity index (χ4v) is 1.83. The Hall–Kier alpha value is -0.410. The standard InChI is InChI=1S/C15H30O3/c1-9-18-13(15(6,7)8)12(17)11(16)10(2)14(3,4)5/h10,12-13,17H,9H2,1-8H3/t10-,12?,13?/m0/s1. The van der Waals surface area contributed by atoms with Crippen molar-refractivity contribution in [2.45, 2.75) is 67.6 Å². The lowest BCUT2D eigenvalue weighted by Crippen LogP contribution is -2.48. The van der Waals surface area contributed by atoms with E-state index in [4.69, 9.17) is 4.74 Å². The van der Waals surface area contributed by atoms with Crippen molar-refractivity contribution in [1.82, 2.24) is 0 Å². The van der Waals surface area contributed by atoms with E-state index < -0.39 is 12.2 Å². The molecule has 0 aromatic heterocycles. The molecule has 0 heterocycles. The molecule has 108 valence electrons. The van der Waals surface area contributed by atoms with Crippen molar-refractivity contribution in [2.75, 3.05) is 6.61 Å². The van der Waals surface area contributed by atoms with Gasteiger partial charge in [0.1, 0.15) is 6.10 Å². The Morgan fingerprint density at radius 3 is 1.83 bits per heavy atom. The van der Waals surface area contributed by atoms with Gasteiger partial charge in [-0.15, -0.1) is 0 Å². The van der Waals surface area contributed by atoms with E-state index in [1.54, 1.807) is 0 Å². The van der Waals surface area contributed by atoms with Gasteiger partial charge in [-0.3, -0.25) is 4.79 Å². The fourth-order valence-electron chi connectivity index (χ4n) is 1.83. The van der Waals surface area contributed by atoms with E-state index in [9.17, 15) is 9.90 Å². The Balaban J connectivity index is 4.99. The molecule has 0 rings (SSSR count). The molecule has 2 unspecified atom stereocenters. The average Bonchev–Trinajstić information content (AvgIpc) is 2.19. The smallest absolute Gasteiger partial charge is 0.167 e. The van der Waals surface area contributed by atoms with Gasteiger partial charge in [0.25, 0.3) is 0 Å². The molecular formula is C15H30O3. The molecule has 0 bridgehead atoms. The Labute approximate surface area is 112 Å². The van der Waals surface area contributed by atoms with Gasteiger partial charge in [0.15, 0.2) is 5.78 Å². The van der Waals surface area contributed by atoms with Gasteiger partial charge in [0.2, 0.25) is 0 Å². The highest BCUT2D eigenvalue weighted by atomic mass is 16.5. The number of aliphatic hydroxyl groups excluding tert-OH is 1. The third-order valence-electron chi connectivity index (χ3n) is 3.50. The van der Waals surface area contributed by atoms with Crippen LogP contribution in [0.4, 0.5) is 0 Å². The first-order valence-electron chi connectivity index (χ1n) is 6.76. The van der Waals surface area contributed by atoms with Crippen molar-refractivity contribution in [3.8, 4) is 0 Å². The number of hydrogen-bond acceptors (Lipinski definition) is 3. The number of carbonyl (C=O) groups is 1. The summed E-state index contributed by atoms with van der Waals surface area (Å²) in [5.41, 5.74) is -0.407. The Morgan fingerprint density at radius 1 is 1.11 bits per heavy atom. The molecule has 0 aliphatic carbocycles. The van der Waals surface area contributed by atoms with Gasteiger partial charge in [-0.1, -0.05) is 48.5 Å². The molecule has 0 aromatic carbocycles. The maximum absolute atomic E-state index is 12.3. The molecule has 3 heteroatoms. The predicted octanol–water partition coefficient (Wildman–Crippen LogP) is 3.05. The number of carbonyl (C=O) groups excluding carboxylic acids is 1. The van der Waals surface area contributed by atoms with Crippen molar-refractivity contribution in [3.63, 3.8) is 0 Å². The SMILES string of the molecule is CCOC(C(O)C(=O)[C@H](C)C(C)(C)C)C(C)(C)C.